The van der Waals surface area contributed by atoms with Gasteiger partial charge in [0, 0.05) is 32.1 Å². The highest BCUT2D eigenvalue weighted by Crippen LogP contribution is 2.31. The van der Waals surface area contributed by atoms with E-state index in [1.165, 1.54) is 45.3 Å². The SMILES string of the molecule is CC(C)c1nnc(NC[C@@H]2CN(CC3CCN(CC4CC4)CC3)C(=O)CO2)s1. The fraction of sp³-hybridized carbons (Fsp3) is 0.850. The van der Waals surface area contributed by atoms with E-state index < -0.39 is 0 Å². The average molecular weight is 408 g/mol. The smallest absolute Gasteiger partial charge is 0.248 e. The third-order valence-corrected chi connectivity index (χ3v) is 7.22. The fourth-order valence-electron chi connectivity index (χ4n) is 4.05. The van der Waals surface area contributed by atoms with Crippen molar-refractivity contribution in [3.8, 4) is 0 Å². The maximum absolute atomic E-state index is 12.3. The van der Waals surface area contributed by atoms with Crippen LogP contribution >= 0.6 is 11.3 Å². The molecule has 1 atom stereocenters. The Balaban J connectivity index is 1.21. The summed E-state index contributed by atoms with van der Waals surface area (Å²) in [6.45, 7) is 10.3. The van der Waals surface area contributed by atoms with Crippen LogP contribution in [0.15, 0.2) is 0 Å². The number of nitrogens with one attached hydrogen (secondary N) is 1. The van der Waals surface area contributed by atoms with Crippen LogP contribution in [-0.2, 0) is 9.53 Å². The topological polar surface area (TPSA) is 70.6 Å². The average Bonchev–Trinajstić information content (AvgIpc) is 3.36. The van der Waals surface area contributed by atoms with E-state index in [1.54, 1.807) is 11.3 Å². The highest BCUT2D eigenvalue weighted by Gasteiger charge is 2.31. The van der Waals surface area contributed by atoms with Crippen molar-refractivity contribution < 1.29 is 9.53 Å². The Morgan fingerprint density at radius 3 is 2.57 bits per heavy atom. The number of aromatic nitrogens is 2. The molecule has 3 aliphatic rings. The number of anilines is 1. The van der Waals surface area contributed by atoms with E-state index in [0.29, 0.717) is 24.9 Å². The van der Waals surface area contributed by atoms with Gasteiger partial charge < -0.3 is 19.9 Å². The molecule has 4 rings (SSSR count). The van der Waals surface area contributed by atoms with E-state index in [4.69, 9.17) is 4.74 Å². The number of likely N-dealkylation sites (tertiary alicyclic amines) is 1. The second-order valence-corrected chi connectivity index (χ2v) is 9.91. The molecule has 3 fully saturated rings. The first-order valence-corrected chi connectivity index (χ1v) is 11.6. The first kappa shape index (κ1) is 20.0. The summed E-state index contributed by atoms with van der Waals surface area (Å²) >= 11 is 1.59. The van der Waals surface area contributed by atoms with E-state index in [0.717, 1.165) is 22.6 Å². The van der Waals surface area contributed by atoms with Gasteiger partial charge in [-0.2, -0.15) is 0 Å². The highest BCUT2D eigenvalue weighted by atomic mass is 32.1. The van der Waals surface area contributed by atoms with Crippen molar-refractivity contribution in [2.75, 3.05) is 51.2 Å². The lowest BCUT2D eigenvalue weighted by molar-refractivity contribution is -0.149. The van der Waals surface area contributed by atoms with E-state index >= 15 is 0 Å². The number of piperidine rings is 1. The van der Waals surface area contributed by atoms with Crippen LogP contribution in [0.3, 0.4) is 0 Å². The van der Waals surface area contributed by atoms with Gasteiger partial charge in [-0.05, 0) is 50.6 Å². The molecule has 28 heavy (non-hydrogen) atoms. The van der Waals surface area contributed by atoms with Gasteiger partial charge in [0.05, 0.1) is 6.10 Å². The van der Waals surface area contributed by atoms with Crippen LogP contribution in [0.5, 0.6) is 0 Å². The van der Waals surface area contributed by atoms with Gasteiger partial charge >= 0.3 is 0 Å². The number of hydrogen-bond acceptors (Lipinski definition) is 7. The molecule has 1 amide bonds. The molecule has 1 aliphatic carbocycles. The summed E-state index contributed by atoms with van der Waals surface area (Å²) in [7, 11) is 0. The molecular weight excluding hydrogens is 374 g/mol. The molecule has 1 N–H and O–H groups in total. The number of rotatable bonds is 8. The third kappa shape index (κ3) is 5.42. The molecule has 3 heterocycles. The Hall–Kier alpha value is -1.25. The Morgan fingerprint density at radius 1 is 1.14 bits per heavy atom. The van der Waals surface area contributed by atoms with Gasteiger partial charge in [0.25, 0.3) is 0 Å². The minimum Gasteiger partial charge on any atom is -0.365 e. The van der Waals surface area contributed by atoms with E-state index in [2.05, 4.69) is 34.3 Å². The molecule has 1 saturated carbocycles. The molecule has 1 aromatic heterocycles. The second kappa shape index (κ2) is 9.05. The van der Waals surface area contributed by atoms with Crippen molar-refractivity contribution >= 4 is 22.4 Å². The van der Waals surface area contributed by atoms with Crippen molar-refractivity contribution in [1.29, 1.82) is 0 Å². The van der Waals surface area contributed by atoms with Gasteiger partial charge in [0.15, 0.2) is 0 Å². The minimum absolute atomic E-state index is 0.0130. The fourth-order valence-corrected chi connectivity index (χ4v) is 4.80. The van der Waals surface area contributed by atoms with Crippen molar-refractivity contribution in [2.45, 2.75) is 51.6 Å². The Labute approximate surface area is 171 Å². The molecule has 0 bridgehead atoms. The first-order valence-electron chi connectivity index (χ1n) is 10.8. The van der Waals surface area contributed by atoms with Crippen LogP contribution < -0.4 is 5.32 Å². The first-order chi connectivity index (χ1) is 13.6. The molecule has 7 nitrogen and oxygen atoms in total. The molecule has 156 valence electrons. The number of ether oxygens (including phenoxy) is 1. The van der Waals surface area contributed by atoms with Gasteiger partial charge in [-0.1, -0.05) is 25.2 Å². The molecular formula is C20H33N5O2S. The van der Waals surface area contributed by atoms with Crippen molar-refractivity contribution in [3.05, 3.63) is 5.01 Å². The molecule has 2 saturated heterocycles. The van der Waals surface area contributed by atoms with E-state index in [9.17, 15) is 4.79 Å². The van der Waals surface area contributed by atoms with Crippen molar-refractivity contribution in [3.63, 3.8) is 0 Å². The lowest BCUT2D eigenvalue weighted by Gasteiger charge is -2.38. The maximum atomic E-state index is 12.3. The zero-order valence-electron chi connectivity index (χ0n) is 17.1. The summed E-state index contributed by atoms with van der Waals surface area (Å²) in [6, 6.07) is 0. The zero-order chi connectivity index (χ0) is 19.5. The van der Waals surface area contributed by atoms with Crippen LogP contribution in [0.25, 0.3) is 0 Å². The van der Waals surface area contributed by atoms with Crippen molar-refractivity contribution in [2.24, 2.45) is 11.8 Å². The lowest BCUT2D eigenvalue weighted by Crippen LogP contribution is -2.51. The van der Waals surface area contributed by atoms with Crippen LogP contribution in [0.1, 0.15) is 50.5 Å². The van der Waals surface area contributed by atoms with Crippen LogP contribution in [0, 0.1) is 11.8 Å². The van der Waals surface area contributed by atoms with Gasteiger partial charge in [-0.25, -0.2) is 0 Å². The predicted octanol–water partition coefficient (Wildman–Crippen LogP) is 2.42. The Morgan fingerprint density at radius 2 is 1.89 bits per heavy atom. The number of carbonyl (C=O) groups is 1. The summed E-state index contributed by atoms with van der Waals surface area (Å²) < 4.78 is 5.75. The molecule has 0 spiro atoms. The molecule has 0 unspecified atom stereocenters. The second-order valence-electron chi connectivity index (χ2n) is 8.90. The van der Waals surface area contributed by atoms with Gasteiger partial charge in [0.2, 0.25) is 11.0 Å². The van der Waals surface area contributed by atoms with Gasteiger partial charge in [0.1, 0.15) is 11.6 Å². The van der Waals surface area contributed by atoms with E-state index in [-0.39, 0.29) is 18.6 Å². The summed E-state index contributed by atoms with van der Waals surface area (Å²) in [5.74, 6) is 2.12. The normalized spacial score (nSPS) is 24.9. The highest BCUT2D eigenvalue weighted by molar-refractivity contribution is 7.15. The number of amides is 1. The Kier molecular flexibility index (Phi) is 6.48. The number of morpholine rings is 1. The van der Waals surface area contributed by atoms with Crippen LogP contribution in [0.2, 0.25) is 0 Å². The largest absolute Gasteiger partial charge is 0.365 e. The monoisotopic (exact) mass is 407 g/mol. The number of nitrogens with zero attached hydrogens (tertiary/aromatic N) is 4. The number of hydrogen-bond donors (Lipinski definition) is 1. The standard InChI is InChI=1S/C20H33N5O2S/c1-14(2)19-22-23-20(28-19)21-9-17-12-25(18(26)13-27-17)11-16-5-7-24(8-6-16)10-15-3-4-15/h14-17H,3-13H2,1-2H3,(H,21,23)/t17-/m1/s1. The minimum atomic E-state index is 0.0130. The van der Waals surface area contributed by atoms with Crippen molar-refractivity contribution in [1.82, 2.24) is 20.0 Å². The molecule has 2 aliphatic heterocycles. The van der Waals surface area contributed by atoms with Gasteiger partial charge in [-0.3, -0.25) is 4.79 Å². The number of carbonyl (C=O) groups excluding carboxylic acids is 1. The lowest BCUT2D eigenvalue weighted by atomic mass is 9.95. The summed E-state index contributed by atoms with van der Waals surface area (Å²) in [5.41, 5.74) is 0. The van der Waals surface area contributed by atoms with Crippen LogP contribution in [0.4, 0.5) is 5.13 Å². The molecule has 1 aromatic rings. The molecule has 8 heteroatoms. The third-order valence-electron chi connectivity index (χ3n) is 6.03. The zero-order valence-corrected chi connectivity index (χ0v) is 17.9. The van der Waals surface area contributed by atoms with Crippen LogP contribution in [-0.4, -0.2) is 77.9 Å². The molecule has 0 aromatic carbocycles. The predicted molar refractivity (Wildman–Crippen MR) is 111 cm³/mol. The Bertz CT molecular complexity index is 655. The maximum Gasteiger partial charge on any atom is 0.248 e. The summed E-state index contributed by atoms with van der Waals surface area (Å²) in [5, 5.41) is 13.6. The summed E-state index contributed by atoms with van der Waals surface area (Å²) in [4.78, 5) is 17.0. The van der Waals surface area contributed by atoms with E-state index in [1.807, 2.05) is 4.90 Å². The summed E-state index contributed by atoms with van der Waals surface area (Å²) in [6.07, 6.45) is 5.28. The quantitative estimate of drug-likeness (QED) is 0.714. The van der Waals surface area contributed by atoms with Gasteiger partial charge in [-0.15, -0.1) is 10.2 Å². The molecule has 0 radical (unpaired) electrons.